The first-order valence-corrected chi connectivity index (χ1v) is 9.70. The molecule has 4 heteroatoms. The highest BCUT2D eigenvalue weighted by Gasteiger charge is 2.03. The molecule has 3 nitrogen and oxygen atoms in total. The molecular formula is C17H33N3S. The highest BCUT2D eigenvalue weighted by molar-refractivity contribution is 7.11. The second-order valence-corrected chi connectivity index (χ2v) is 6.99. The van der Waals surface area contributed by atoms with Gasteiger partial charge in [-0.3, -0.25) is 0 Å². The number of aryl methyl sites for hydroxylation is 1. The van der Waals surface area contributed by atoms with Crippen LogP contribution in [-0.4, -0.2) is 16.7 Å². The minimum atomic E-state index is 0.878. The molecule has 21 heavy (non-hydrogen) atoms. The number of unbranched alkanes of at least 4 members (excludes halogenated alkanes) is 8. The van der Waals surface area contributed by atoms with Gasteiger partial charge in [0.15, 0.2) is 0 Å². The Labute approximate surface area is 135 Å². The first-order valence-electron chi connectivity index (χ1n) is 8.88. The van der Waals surface area contributed by atoms with Crippen LogP contribution in [0.15, 0.2) is 0 Å². The molecule has 1 N–H and O–H groups in total. The van der Waals surface area contributed by atoms with Gasteiger partial charge in [0.1, 0.15) is 10.0 Å². The molecule has 1 rings (SSSR count). The van der Waals surface area contributed by atoms with E-state index in [0.29, 0.717) is 0 Å². The van der Waals surface area contributed by atoms with Gasteiger partial charge < -0.3 is 5.32 Å². The standard InChI is InChI=1S/C17H33N3S/c1-3-5-6-7-8-9-10-11-12-13-16-19-20-17(21-16)15-18-14-4-2/h18H,3-15H2,1-2H3. The van der Waals surface area contributed by atoms with Crippen molar-refractivity contribution in [3.05, 3.63) is 10.0 Å². The van der Waals surface area contributed by atoms with Gasteiger partial charge in [-0.2, -0.15) is 0 Å². The van der Waals surface area contributed by atoms with E-state index < -0.39 is 0 Å². The topological polar surface area (TPSA) is 37.8 Å². The Balaban J connectivity index is 1.95. The number of nitrogens with one attached hydrogen (secondary N) is 1. The zero-order chi connectivity index (χ0) is 15.2. The number of aromatic nitrogens is 2. The van der Waals surface area contributed by atoms with E-state index in [-0.39, 0.29) is 0 Å². The van der Waals surface area contributed by atoms with Gasteiger partial charge >= 0.3 is 0 Å². The zero-order valence-corrected chi connectivity index (χ0v) is 14.8. The van der Waals surface area contributed by atoms with E-state index in [9.17, 15) is 0 Å². The van der Waals surface area contributed by atoms with Crippen molar-refractivity contribution >= 4 is 11.3 Å². The molecule has 122 valence electrons. The first-order chi connectivity index (χ1) is 10.4. The summed E-state index contributed by atoms with van der Waals surface area (Å²) < 4.78 is 0. The van der Waals surface area contributed by atoms with Crippen molar-refractivity contribution < 1.29 is 0 Å². The van der Waals surface area contributed by atoms with Crippen LogP contribution in [0.1, 0.15) is 88.1 Å². The monoisotopic (exact) mass is 311 g/mol. The van der Waals surface area contributed by atoms with Crippen LogP contribution in [0.25, 0.3) is 0 Å². The number of nitrogens with zero attached hydrogens (tertiary/aromatic N) is 2. The molecule has 0 fully saturated rings. The van der Waals surface area contributed by atoms with Gasteiger partial charge in [0, 0.05) is 13.0 Å². The Hall–Kier alpha value is -0.480. The molecule has 0 aliphatic carbocycles. The number of hydrogen-bond acceptors (Lipinski definition) is 4. The predicted molar refractivity (Wildman–Crippen MR) is 92.8 cm³/mol. The molecular weight excluding hydrogens is 278 g/mol. The van der Waals surface area contributed by atoms with E-state index in [2.05, 4.69) is 29.4 Å². The molecule has 0 bridgehead atoms. The smallest absolute Gasteiger partial charge is 0.131 e. The fraction of sp³-hybridized carbons (Fsp3) is 0.882. The fourth-order valence-electron chi connectivity index (χ4n) is 2.42. The largest absolute Gasteiger partial charge is 0.310 e. The Kier molecular flexibility index (Phi) is 11.7. The molecule has 0 saturated carbocycles. The lowest BCUT2D eigenvalue weighted by Gasteiger charge is -2.00. The average Bonchev–Trinajstić information content (AvgIpc) is 2.94. The third-order valence-electron chi connectivity index (χ3n) is 3.71. The van der Waals surface area contributed by atoms with Gasteiger partial charge in [0.05, 0.1) is 0 Å². The Morgan fingerprint density at radius 1 is 0.762 bits per heavy atom. The summed E-state index contributed by atoms with van der Waals surface area (Å²) in [5.41, 5.74) is 0. The van der Waals surface area contributed by atoms with Crippen LogP contribution in [0, 0.1) is 0 Å². The molecule has 1 aromatic heterocycles. The average molecular weight is 312 g/mol. The maximum atomic E-state index is 4.29. The lowest BCUT2D eigenvalue weighted by Crippen LogP contribution is -2.13. The van der Waals surface area contributed by atoms with Crippen molar-refractivity contribution in [1.29, 1.82) is 0 Å². The van der Waals surface area contributed by atoms with E-state index >= 15 is 0 Å². The van der Waals surface area contributed by atoms with E-state index in [0.717, 1.165) is 24.5 Å². The van der Waals surface area contributed by atoms with E-state index in [4.69, 9.17) is 0 Å². The molecule has 0 aliphatic rings. The lowest BCUT2D eigenvalue weighted by atomic mass is 10.1. The van der Waals surface area contributed by atoms with Crippen LogP contribution in [0.4, 0.5) is 0 Å². The Morgan fingerprint density at radius 3 is 2.05 bits per heavy atom. The molecule has 0 unspecified atom stereocenters. The van der Waals surface area contributed by atoms with Gasteiger partial charge in [0.25, 0.3) is 0 Å². The van der Waals surface area contributed by atoms with E-state index in [1.807, 2.05) is 0 Å². The summed E-state index contributed by atoms with van der Waals surface area (Å²) in [6.45, 7) is 6.40. The van der Waals surface area contributed by atoms with Crippen LogP contribution < -0.4 is 5.32 Å². The molecule has 1 aromatic rings. The first kappa shape index (κ1) is 18.6. The molecule has 0 radical (unpaired) electrons. The molecule has 0 saturated heterocycles. The minimum absolute atomic E-state index is 0.878. The van der Waals surface area contributed by atoms with Crippen molar-refractivity contribution in [3.8, 4) is 0 Å². The van der Waals surface area contributed by atoms with Crippen LogP contribution >= 0.6 is 11.3 Å². The van der Waals surface area contributed by atoms with Crippen LogP contribution in [0.3, 0.4) is 0 Å². The zero-order valence-electron chi connectivity index (χ0n) is 14.0. The van der Waals surface area contributed by atoms with Crippen LogP contribution in [0.2, 0.25) is 0 Å². The third-order valence-corrected chi connectivity index (χ3v) is 4.69. The van der Waals surface area contributed by atoms with Crippen molar-refractivity contribution in [2.45, 2.75) is 91.0 Å². The maximum Gasteiger partial charge on any atom is 0.131 e. The number of rotatable bonds is 14. The lowest BCUT2D eigenvalue weighted by molar-refractivity contribution is 0.564. The molecule has 0 aliphatic heterocycles. The molecule has 0 aromatic carbocycles. The van der Waals surface area contributed by atoms with Crippen molar-refractivity contribution in [2.24, 2.45) is 0 Å². The van der Waals surface area contributed by atoms with Crippen molar-refractivity contribution in [2.75, 3.05) is 6.54 Å². The van der Waals surface area contributed by atoms with Gasteiger partial charge in [-0.15, -0.1) is 21.5 Å². The number of hydrogen-bond donors (Lipinski definition) is 1. The van der Waals surface area contributed by atoms with E-state index in [1.165, 1.54) is 69.2 Å². The van der Waals surface area contributed by atoms with Crippen LogP contribution in [-0.2, 0) is 13.0 Å². The van der Waals surface area contributed by atoms with Gasteiger partial charge in [-0.05, 0) is 19.4 Å². The van der Waals surface area contributed by atoms with Crippen molar-refractivity contribution in [1.82, 2.24) is 15.5 Å². The minimum Gasteiger partial charge on any atom is -0.310 e. The van der Waals surface area contributed by atoms with Crippen LogP contribution in [0.5, 0.6) is 0 Å². The maximum absolute atomic E-state index is 4.29. The van der Waals surface area contributed by atoms with E-state index in [1.54, 1.807) is 11.3 Å². The summed E-state index contributed by atoms with van der Waals surface area (Å²) in [6, 6.07) is 0. The normalized spacial score (nSPS) is 11.1. The quantitative estimate of drug-likeness (QED) is 0.485. The summed E-state index contributed by atoms with van der Waals surface area (Å²) in [7, 11) is 0. The molecule has 0 spiro atoms. The fourth-order valence-corrected chi connectivity index (χ4v) is 3.28. The Morgan fingerprint density at radius 2 is 1.38 bits per heavy atom. The summed E-state index contributed by atoms with van der Waals surface area (Å²) in [6.07, 6.45) is 14.7. The van der Waals surface area contributed by atoms with Crippen molar-refractivity contribution in [3.63, 3.8) is 0 Å². The highest BCUT2D eigenvalue weighted by atomic mass is 32.1. The summed E-state index contributed by atoms with van der Waals surface area (Å²) >= 11 is 1.78. The predicted octanol–water partition coefficient (Wildman–Crippen LogP) is 5.11. The van der Waals surface area contributed by atoms with Gasteiger partial charge in [0.2, 0.25) is 0 Å². The summed E-state index contributed by atoms with van der Waals surface area (Å²) in [4.78, 5) is 0. The Bertz CT molecular complexity index is 339. The molecule has 1 heterocycles. The van der Waals surface area contributed by atoms with Gasteiger partial charge in [-0.1, -0.05) is 65.2 Å². The second kappa shape index (κ2) is 13.2. The highest BCUT2D eigenvalue weighted by Crippen LogP contribution is 2.14. The summed E-state index contributed by atoms with van der Waals surface area (Å²) in [5, 5.41) is 14.3. The molecule has 0 atom stereocenters. The third kappa shape index (κ3) is 9.97. The van der Waals surface area contributed by atoms with Gasteiger partial charge in [-0.25, -0.2) is 0 Å². The SMILES string of the molecule is CCCCCCCCCCCc1nnc(CNCCC)s1. The second-order valence-electron chi connectivity index (χ2n) is 5.84. The summed E-state index contributed by atoms with van der Waals surface area (Å²) in [5.74, 6) is 0. The molecule has 0 amide bonds.